The van der Waals surface area contributed by atoms with E-state index in [9.17, 15) is 4.79 Å². The monoisotopic (exact) mass is 208 g/mol. The molecule has 2 fully saturated rings. The van der Waals surface area contributed by atoms with Gasteiger partial charge in [-0.1, -0.05) is 6.92 Å². The van der Waals surface area contributed by atoms with Gasteiger partial charge in [0.2, 0.25) is 0 Å². The van der Waals surface area contributed by atoms with Gasteiger partial charge in [-0.15, -0.1) is 0 Å². The van der Waals surface area contributed by atoms with E-state index in [2.05, 4.69) is 11.8 Å². The summed E-state index contributed by atoms with van der Waals surface area (Å²) >= 11 is 0. The van der Waals surface area contributed by atoms with E-state index in [1.165, 1.54) is 12.8 Å². The van der Waals surface area contributed by atoms with Crippen molar-refractivity contribution in [3.8, 4) is 0 Å². The Kier molecular flexibility index (Phi) is 2.28. The summed E-state index contributed by atoms with van der Waals surface area (Å²) in [6, 6.07) is 0. The number of allylic oxidation sites excluding steroid dienone is 1. The van der Waals surface area contributed by atoms with Gasteiger partial charge in [0, 0.05) is 33.9 Å². The fraction of sp³-hybridized carbons (Fsp3) is 0.750. The highest BCUT2D eigenvalue weighted by atomic mass is 16.1. The number of ketones is 1. The molecule has 84 valence electrons. The van der Waals surface area contributed by atoms with Crippen molar-refractivity contribution in [3.05, 3.63) is 11.9 Å². The Bertz CT molecular complexity index is 318. The molecule has 1 unspecified atom stereocenters. The van der Waals surface area contributed by atoms with Crippen LogP contribution in [0.3, 0.4) is 0 Å². The lowest BCUT2D eigenvalue weighted by Crippen LogP contribution is -2.28. The molecule has 1 aliphatic carbocycles. The quantitative estimate of drug-likeness (QED) is 0.639. The summed E-state index contributed by atoms with van der Waals surface area (Å²) in [7, 11) is 5.93. The van der Waals surface area contributed by atoms with E-state index < -0.39 is 0 Å². The molecule has 15 heavy (non-hydrogen) atoms. The van der Waals surface area contributed by atoms with Gasteiger partial charge < -0.3 is 9.80 Å². The predicted octanol–water partition coefficient (Wildman–Crippen LogP) is 1.32. The fourth-order valence-electron chi connectivity index (χ4n) is 2.55. The van der Waals surface area contributed by atoms with Crippen molar-refractivity contribution in [2.75, 3.05) is 27.7 Å². The molecule has 3 nitrogen and oxygen atoms in total. The van der Waals surface area contributed by atoms with Crippen molar-refractivity contribution in [3.63, 3.8) is 0 Å². The normalized spacial score (nSPS) is 34.0. The first-order valence-corrected chi connectivity index (χ1v) is 5.59. The van der Waals surface area contributed by atoms with E-state index in [0.717, 1.165) is 12.2 Å². The number of hydrogen-bond acceptors (Lipinski definition) is 3. The lowest BCUT2D eigenvalue weighted by molar-refractivity contribution is -0.122. The van der Waals surface area contributed by atoms with Gasteiger partial charge in [-0.05, 0) is 18.8 Å². The summed E-state index contributed by atoms with van der Waals surface area (Å²) in [5.41, 5.74) is 0.755. The van der Waals surface area contributed by atoms with Gasteiger partial charge in [-0.2, -0.15) is 0 Å². The first-order chi connectivity index (χ1) is 6.95. The topological polar surface area (TPSA) is 23.6 Å². The minimum absolute atomic E-state index is 0.114. The minimum atomic E-state index is -0.114. The molecule has 1 atom stereocenters. The van der Waals surface area contributed by atoms with E-state index in [4.69, 9.17) is 0 Å². The number of likely N-dealkylation sites (N-methyl/N-ethyl adjacent to an activating group) is 1. The first kappa shape index (κ1) is 10.5. The number of Topliss-reactive ketones (excluding diaryl/α,β-unsaturated/α-hetero) is 1. The summed E-state index contributed by atoms with van der Waals surface area (Å²) in [6.45, 7) is 3.01. The van der Waals surface area contributed by atoms with Gasteiger partial charge in [-0.25, -0.2) is 0 Å². The molecule has 0 aromatic rings. The van der Waals surface area contributed by atoms with Crippen LogP contribution in [0.15, 0.2) is 11.9 Å². The van der Waals surface area contributed by atoms with Crippen molar-refractivity contribution < 1.29 is 4.79 Å². The molecule has 1 heterocycles. The smallest absolute Gasteiger partial charge is 0.188 e. The number of likely N-dealkylation sites (tertiary alicyclic amines) is 1. The van der Waals surface area contributed by atoms with Crippen molar-refractivity contribution >= 4 is 5.78 Å². The van der Waals surface area contributed by atoms with Gasteiger partial charge in [-0.3, -0.25) is 4.79 Å². The number of hydrogen-bond donors (Lipinski definition) is 0. The SMILES string of the molecule is CN(C)/C=C1\C(=O)C(C)(C2CC2)CN1C. The van der Waals surface area contributed by atoms with Gasteiger partial charge in [0.15, 0.2) is 5.78 Å². The third-order valence-corrected chi connectivity index (χ3v) is 3.59. The van der Waals surface area contributed by atoms with E-state index >= 15 is 0 Å². The molecule has 0 bridgehead atoms. The van der Waals surface area contributed by atoms with Gasteiger partial charge in [0.25, 0.3) is 0 Å². The van der Waals surface area contributed by atoms with Gasteiger partial charge in [0.1, 0.15) is 0 Å². The van der Waals surface area contributed by atoms with Crippen molar-refractivity contribution in [2.45, 2.75) is 19.8 Å². The van der Waals surface area contributed by atoms with E-state index in [1.54, 1.807) is 0 Å². The first-order valence-electron chi connectivity index (χ1n) is 5.59. The molecule has 0 radical (unpaired) electrons. The molecular formula is C12H20N2O. The zero-order chi connectivity index (χ0) is 11.2. The van der Waals surface area contributed by atoms with Crippen LogP contribution in [0.1, 0.15) is 19.8 Å². The lowest BCUT2D eigenvalue weighted by atomic mass is 9.82. The third-order valence-electron chi connectivity index (χ3n) is 3.59. The number of carbonyl (C=O) groups is 1. The highest BCUT2D eigenvalue weighted by molar-refractivity contribution is 6.01. The van der Waals surface area contributed by atoms with Crippen LogP contribution in [0.2, 0.25) is 0 Å². The predicted molar refractivity (Wildman–Crippen MR) is 60.2 cm³/mol. The van der Waals surface area contributed by atoms with E-state index in [0.29, 0.717) is 11.7 Å². The third kappa shape index (κ3) is 1.64. The van der Waals surface area contributed by atoms with Gasteiger partial charge in [0.05, 0.1) is 11.1 Å². The Morgan fingerprint density at radius 2 is 2.07 bits per heavy atom. The number of carbonyl (C=O) groups excluding carboxylic acids is 1. The Morgan fingerprint density at radius 1 is 1.47 bits per heavy atom. The Hall–Kier alpha value is -0.990. The average Bonchev–Trinajstić information content (AvgIpc) is 2.92. The summed E-state index contributed by atoms with van der Waals surface area (Å²) in [5, 5.41) is 0. The molecule has 2 rings (SSSR count). The second-order valence-corrected chi connectivity index (χ2v) is 5.35. The highest BCUT2D eigenvalue weighted by Gasteiger charge is 2.53. The molecule has 3 heteroatoms. The zero-order valence-corrected chi connectivity index (χ0v) is 10.1. The van der Waals surface area contributed by atoms with Crippen LogP contribution in [0, 0.1) is 11.3 Å². The molecule has 0 spiro atoms. The molecule has 0 aromatic carbocycles. The number of rotatable bonds is 2. The van der Waals surface area contributed by atoms with Crippen molar-refractivity contribution in [1.29, 1.82) is 0 Å². The molecule has 2 aliphatic rings. The van der Waals surface area contributed by atoms with Crippen LogP contribution in [0.4, 0.5) is 0 Å². The summed E-state index contributed by atoms with van der Waals surface area (Å²) in [5.74, 6) is 0.960. The molecule has 1 saturated heterocycles. The van der Waals surface area contributed by atoms with Crippen LogP contribution < -0.4 is 0 Å². The lowest BCUT2D eigenvalue weighted by Gasteiger charge is -2.20. The Morgan fingerprint density at radius 3 is 2.53 bits per heavy atom. The Labute approximate surface area is 91.7 Å². The summed E-state index contributed by atoms with van der Waals surface area (Å²) in [4.78, 5) is 16.4. The van der Waals surface area contributed by atoms with Crippen LogP contribution in [0.25, 0.3) is 0 Å². The fourth-order valence-corrected chi connectivity index (χ4v) is 2.55. The molecule has 0 N–H and O–H groups in total. The van der Waals surface area contributed by atoms with Crippen LogP contribution >= 0.6 is 0 Å². The molecule has 0 amide bonds. The maximum absolute atomic E-state index is 12.3. The van der Waals surface area contributed by atoms with E-state index in [-0.39, 0.29) is 5.41 Å². The van der Waals surface area contributed by atoms with Crippen molar-refractivity contribution in [1.82, 2.24) is 9.80 Å². The maximum atomic E-state index is 12.3. The molecule has 1 saturated carbocycles. The second kappa shape index (κ2) is 3.26. The van der Waals surface area contributed by atoms with Crippen LogP contribution in [-0.4, -0.2) is 43.3 Å². The summed E-state index contributed by atoms with van der Waals surface area (Å²) < 4.78 is 0. The highest BCUT2D eigenvalue weighted by Crippen LogP contribution is 2.50. The second-order valence-electron chi connectivity index (χ2n) is 5.35. The molecule has 0 aromatic heterocycles. The number of nitrogens with zero attached hydrogens (tertiary/aromatic N) is 2. The van der Waals surface area contributed by atoms with Gasteiger partial charge >= 0.3 is 0 Å². The maximum Gasteiger partial charge on any atom is 0.188 e. The minimum Gasteiger partial charge on any atom is -0.382 e. The zero-order valence-electron chi connectivity index (χ0n) is 10.1. The molecular weight excluding hydrogens is 188 g/mol. The standard InChI is InChI=1S/C12H20N2O/c1-12(9-5-6-9)8-14(4)10(11(12)15)7-13(2)3/h7,9H,5-6,8H2,1-4H3/b10-7+. The Balaban J connectivity index is 2.26. The molecule has 1 aliphatic heterocycles. The average molecular weight is 208 g/mol. The van der Waals surface area contributed by atoms with Crippen molar-refractivity contribution in [2.24, 2.45) is 11.3 Å². The summed E-state index contributed by atoms with van der Waals surface area (Å²) in [6.07, 6.45) is 4.40. The van der Waals surface area contributed by atoms with Crippen LogP contribution in [-0.2, 0) is 4.79 Å². The van der Waals surface area contributed by atoms with Crippen LogP contribution in [0.5, 0.6) is 0 Å². The van der Waals surface area contributed by atoms with E-state index in [1.807, 2.05) is 32.2 Å². The largest absolute Gasteiger partial charge is 0.382 e.